The van der Waals surface area contributed by atoms with E-state index in [9.17, 15) is 4.79 Å². The Hall–Kier alpha value is -5.13. The lowest BCUT2D eigenvalue weighted by molar-refractivity contribution is -0.124. The number of fused-ring (bicyclic) bond motifs is 2. The third kappa shape index (κ3) is 6.45. The highest BCUT2D eigenvalue weighted by Crippen LogP contribution is 2.29. The largest absolute Gasteiger partial charge is 0.497 e. The van der Waals surface area contributed by atoms with Crippen LogP contribution in [0, 0.1) is 0 Å². The number of hydrogen-bond donors (Lipinski definition) is 5. The van der Waals surface area contributed by atoms with Crippen molar-refractivity contribution >= 4 is 27.7 Å². The molecule has 0 radical (unpaired) electrons. The van der Waals surface area contributed by atoms with Gasteiger partial charge in [0.2, 0.25) is 5.91 Å². The van der Waals surface area contributed by atoms with E-state index in [2.05, 4.69) is 67.0 Å². The van der Waals surface area contributed by atoms with E-state index in [0.29, 0.717) is 43.3 Å². The number of H-pyrrole nitrogens is 2. The number of amides is 1. The molecule has 0 aliphatic carbocycles. The topological polar surface area (TPSA) is 134 Å². The molecule has 1 fully saturated rings. The molecule has 5 N–H and O–H groups in total. The summed E-state index contributed by atoms with van der Waals surface area (Å²) >= 11 is 0. The Bertz CT molecular complexity index is 1990. The molecule has 2 atom stereocenters. The van der Waals surface area contributed by atoms with Gasteiger partial charge in [0.15, 0.2) is 5.82 Å². The quantitative estimate of drug-likeness (QED) is 0.137. The lowest BCUT2D eigenvalue weighted by Crippen LogP contribution is -2.56. The van der Waals surface area contributed by atoms with E-state index < -0.39 is 6.04 Å². The minimum absolute atomic E-state index is 0.0704. The fourth-order valence-electron chi connectivity index (χ4n) is 6.54. The fourth-order valence-corrected chi connectivity index (χ4v) is 6.54. The Balaban J connectivity index is 1.27. The van der Waals surface area contributed by atoms with Gasteiger partial charge in [0.1, 0.15) is 17.3 Å². The molecule has 1 saturated heterocycles. The van der Waals surface area contributed by atoms with Crippen molar-refractivity contribution in [2.75, 3.05) is 33.9 Å². The zero-order valence-corrected chi connectivity index (χ0v) is 26.7. The standard InChI is InChI=1S/C36H40N8O3/c1-46-26-13-11-24(33(18-26)47-2)22-44-34(14-12-23-19-39-29-9-5-3-7-27(23)29)42-43-35(44)31(41-36(45)32-21-37-15-16-38-32)17-25-20-40-30-10-6-4-8-28(25)30/h3-11,13,18-20,31-32,37-40H,12,14-17,21-22H2,1-2H3,(H,41,45)/t31?,32-/m1/s1. The number of rotatable bonds is 12. The van der Waals surface area contributed by atoms with E-state index in [-0.39, 0.29) is 11.9 Å². The molecule has 1 aliphatic rings. The molecule has 4 heterocycles. The van der Waals surface area contributed by atoms with Crippen LogP contribution in [-0.4, -0.2) is 70.5 Å². The zero-order valence-electron chi connectivity index (χ0n) is 26.7. The first-order chi connectivity index (χ1) is 23.1. The predicted octanol–water partition coefficient (Wildman–Crippen LogP) is 4.05. The fraction of sp³-hybridized carbons (Fsp3) is 0.306. The van der Waals surface area contributed by atoms with Crippen LogP contribution in [0.4, 0.5) is 0 Å². The van der Waals surface area contributed by atoms with Crippen LogP contribution in [0.15, 0.2) is 79.1 Å². The third-order valence-electron chi connectivity index (χ3n) is 9.06. The monoisotopic (exact) mass is 632 g/mol. The van der Waals surface area contributed by atoms with E-state index in [0.717, 1.165) is 52.9 Å². The molecular formula is C36H40N8O3. The Labute approximate surface area is 273 Å². The maximum absolute atomic E-state index is 13.7. The Kier molecular flexibility index (Phi) is 8.89. The SMILES string of the molecule is COc1ccc(Cn2c(CCc3c[nH]c4ccccc34)nnc2C(Cc2c[nH]c3ccccc23)NC(=O)[C@H]2CNCCN2)c(OC)c1. The molecule has 1 aliphatic heterocycles. The van der Waals surface area contributed by atoms with Crippen LogP contribution in [-0.2, 0) is 30.6 Å². The molecule has 0 bridgehead atoms. The molecule has 11 nitrogen and oxygen atoms in total. The molecule has 242 valence electrons. The number of ether oxygens (including phenoxy) is 2. The van der Waals surface area contributed by atoms with Gasteiger partial charge >= 0.3 is 0 Å². The number of para-hydroxylation sites is 2. The number of carbonyl (C=O) groups is 1. The Morgan fingerprint density at radius 3 is 2.36 bits per heavy atom. The summed E-state index contributed by atoms with van der Waals surface area (Å²) in [6.07, 6.45) is 6.07. The van der Waals surface area contributed by atoms with Crippen LogP contribution in [0.5, 0.6) is 11.5 Å². The van der Waals surface area contributed by atoms with Crippen molar-refractivity contribution < 1.29 is 14.3 Å². The third-order valence-corrected chi connectivity index (χ3v) is 9.06. The first-order valence-electron chi connectivity index (χ1n) is 16.1. The number of nitrogens with zero attached hydrogens (tertiary/aromatic N) is 3. The molecule has 0 spiro atoms. The average Bonchev–Trinajstić information content (AvgIpc) is 3.84. The van der Waals surface area contributed by atoms with Crippen LogP contribution >= 0.6 is 0 Å². The molecule has 3 aromatic heterocycles. The van der Waals surface area contributed by atoms with Gasteiger partial charge in [-0.1, -0.05) is 36.4 Å². The van der Waals surface area contributed by atoms with Crippen molar-refractivity contribution in [3.8, 4) is 11.5 Å². The smallest absolute Gasteiger partial charge is 0.239 e. The second kappa shape index (κ2) is 13.7. The zero-order chi connectivity index (χ0) is 32.2. The average molecular weight is 633 g/mol. The summed E-state index contributed by atoms with van der Waals surface area (Å²) in [5.74, 6) is 2.88. The molecule has 1 unspecified atom stereocenters. The Morgan fingerprint density at radius 1 is 0.894 bits per heavy atom. The van der Waals surface area contributed by atoms with E-state index in [1.807, 2.05) is 42.6 Å². The minimum Gasteiger partial charge on any atom is -0.497 e. The maximum Gasteiger partial charge on any atom is 0.239 e. The summed E-state index contributed by atoms with van der Waals surface area (Å²) < 4.78 is 13.4. The van der Waals surface area contributed by atoms with Gasteiger partial charge in [0.25, 0.3) is 0 Å². The summed E-state index contributed by atoms with van der Waals surface area (Å²) in [5.41, 5.74) is 5.43. The van der Waals surface area contributed by atoms with Crippen molar-refractivity contribution in [3.05, 3.63) is 107 Å². The summed E-state index contributed by atoms with van der Waals surface area (Å²) in [4.78, 5) is 20.5. The summed E-state index contributed by atoms with van der Waals surface area (Å²) in [5, 5.41) is 21.9. The molecule has 0 saturated carbocycles. The van der Waals surface area contributed by atoms with Gasteiger partial charge < -0.3 is 40.0 Å². The molecule has 47 heavy (non-hydrogen) atoms. The molecule has 1 amide bonds. The number of aryl methyl sites for hydroxylation is 2. The highest BCUT2D eigenvalue weighted by atomic mass is 16.5. The number of nitrogens with one attached hydrogen (secondary N) is 5. The second-order valence-electron chi connectivity index (χ2n) is 11.9. The molecule has 3 aromatic carbocycles. The number of carbonyl (C=O) groups excluding carboxylic acids is 1. The number of aromatic nitrogens is 5. The molecule has 7 rings (SSSR count). The summed E-state index contributed by atoms with van der Waals surface area (Å²) in [6, 6.07) is 21.6. The van der Waals surface area contributed by atoms with Gasteiger partial charge in [0.05, 0.1) is 32.8 Å². The van der Waals surface area contributed by atoms with Crippen LogP contribution in [0.2, 0.25) is 0 Å². The van der Waals surface area contributed by atoms with Gasteiger partial charge in [-0.25, -0.2) is 0 Å². The molecular weight excluding hydrogens is 592 g/mol. The first-order valence-corrected chi connectivity index (χ1v) is 16.1. The highest BCUT2D eigenvalue weighted by Gasteiger charge is 2.29. The molecule has 11 heteroatoms. The number of piperazine rings is 1. The number of hydrogen-bond acceptors (Lipinski definition) is 7. The summed E-state index contributed by atoms with van der Waals surface area (Å²) in [6.45, 7) is 2.59. The predicted molar refractivity (Wildman–Crippen MR) is 182 cm³/mol. The van der Waals surface area contributed by atoms with Crippen molar-refractivity contribution in [2.45, 2.75) is 37.9 Å². The second-order valence-corrected chi connectivity index (χ2v) is 11.9. The van der Waals surface area contributed by atoms with Gasteiger partial charge in [-0.3, -0.25) is 4.79 Å². The van der Waals surface area contributed by atoms with Crippen molar-refractivity contribution in [1.29, 1.82) is 0 Å². The van der Waals surface area contributed by atoms with Crippen LogP contribution < -0.4 is 25.4 Å². The van der Waals surface area contributed by atoms with E-state index in [4.69, 9.17) is 19.7 Å². The van der Waals surface area contributed by atoms with Crippen LogP contribution in [0.3, 0.4) is 0 Å². The van der Waals surface area contributed by atoms with Gasteiger partial charge in [-0.05, 0) is 41.8 Å². The normalized spacial score (nSPS) is 15.6. The number of methoxy groups -OCH3 is 2. The van der Waals surface area contributed by atoms with E-state index >= 15 is 0 Å². The number of benzene rings is 3. The van der Waals surface area contributed by atoms with E-state index in [1.165, 1.54) is 10.9 Å². The van der Waals surface area contributed by atoms with Gasteiger partial charge in [-0.15, -0.1) is 10.2 Å². The van der Waals surface area contributed by atoms with Crippen molar-refractivity contribution in [2.24, 2.45) is 0 Å². The lowest BCUT2D eigenvalue weighted by Gasteiger charge is -2.27. The highest BCUT2D eigenvalue weighted by molar-refractivity contribution is 5.85. The number of aromatic amines is 2. The van der Waals surface area contributed by atoms with Crippen molar-refractivity contribution in [1.82, 2.24) is 40.7 Å². The van der Waals surface area contributed by atoms with Gasteiger partial charge in [-0.2, -0.15) is 0 Å². The maximum atomic E-state index is 13.7. The van der Waals surface area contributed by atoms with Crippen LogP contribution in [0.1, 0.15) is 34.4 Å². The summed E-state index contributed by atoms with van der Waals surface area (Å²) in [7, 11) is 3.30. The van der Waals surface area contributed by atoms with Crippen LogP contribution in [0.25, 0.3) is 21.8 Å². The first kappa shape index (κ1) is 30.5. The lowest BCUT2D eigenvalue weighted by atomic mass is 10.0. The minimum atomic E-state index is -0.441. The van der Waals surface area contributed by atoms with Gasteiger partial charge in [0, 0.05) is 78.3 Å². The van der Waals surface area contributed by atoms with E-state index in [1.54, 1.807) is 14.2 Å². The Morgan fingerprint density at radius 2 is 1.64 bits per heavy atom. The molecule has 6 aromatic rings. The van der Waals surface area contributed by atoms with Crippen molar-refractivity contribution in [3.63, 3.8) is 0 Å².